The molecular weight excluding hydrogens is 462 g/mol. The molecule has 0 amide bonds. The molecule has 1 N–H and O–H groups in total. The van der Waals surface area contributed by atoms with Crippen LogP contribution >= 0.6 is 0 Å². The molecule has 1 aromatic carbocycles. The summed E-state index contributed by atoms with van der Waals surface area (Å²) in [5.41, 5.74) is 5.32. The highest BCUT2D eigenvalue weighted by atomic mass is 16.5. The third-order valence-corrected chi connectivity index (χ3v) is 11.9. The van der Waals surface area contributed by atoms with Crippen molar-refractivity contribution in [3.05, 3.63) is 41.5 Å². The Kier molecular flexibility index (Phi) is 9.76. The van der Waals surface area contributed by atoms with Crippen molar-refractivity contribution in [3.8, 4) is 0 Å². The molecule has 214 valence electrons. The molecule has 5 rings (SSSR count). The molecule has 0 saturated heterocycles. The topological polar surface area (TPSA) is 21.3 Å². The minimum Gasteiger partial charge on any atom is -0.388 e. The number of allylic oxidation sites excluding steroid dienone is 1. The number of hydrogen-bond acceptors (Lipinski definition) is 2. The standard InChI is InChI=1S/C28H48O.C8H11N/c1-19(2)8-7-9-20(3)24-12-13-25-23-11-10-21-18-22(29-6)14-16-27(21,4)26(23)15-17-28(24,25)5;1-7-3-5-8(9-2)6-4-7/h10,19-20,22-26H,7-9,11-18H2,1-6H3;3-6,9H,1-2H3/t20?,22?,23?,24?,25?,26?,27-,28+;/m0./s1. The number of aryl methyl sites for hydroxylation is 1. The number of rotatable bonds is 7. The van der Waals surface area contributed by atoms with E-state index in [1.807, 2.05) is 14.2 Å². The van der Waals surface area contributed by atoms with E-state index in [1.54, 1.807) is 5.57 Å². The molecule has 0 bridgehead atoms. The second-order valence-electron chi connectivity index (χ2n) is 14.5. The Morgan fingerprint density at radius 3 is 2.34 bits per heavy atom. The molecule has 0 aromatic heterocycles. The van der Waals surface area contributed by atoms with Crippen LogP contribution in [0.4, 0.5) is 5.69 Å². The van der Waals surface area contributed by atoms with Crippen molar-refractivity contribution >= 4 is 5.69 Å². The fourth-order valence-electron chi connectivity index (χ4n) is 9.57. The van der Waals surface area contributed by atoms with Gasteiger partial charge in [-0.3, -0.25) is 0 Å². The molecular formula is C36H59NO. The van der Waals surface area contributed by atoms with Crippen molar-refractivity contribution in [1.29, 1.82) is 0 Å². The quantitative estimate of drug-likeness (QED) is 0.360. The van der Waals surface area contributed by atoms with E-state index in [0.717, 1.165) is 35.5 Å². The molecule has 0 aliphatic heterocycles. The van der Waals surface area contributed by atoms with Gasteiger partial charge in [0.15, 0.2) is 0 Å². The van der Waals surface area contributed by atoms with Gasteiger partial charge in [-0.15, -0.1) is 0 Å². The van der Waals surface area contributed by atoms with E-state index in [2.05, 4.69) is 77.2 Å². The van der Waals surface area contributed by atoms with Crippen molar-refractivity contribution in [2.24, 2.45) is 46.3 Å². The van der Waals surface area contributed by atoms with Crippen molar-refractivity contribution < 1.29 is 4.74 Å². The van der Waals surface area contributed by atoms with E-state index in [0.29, 0.717) is 16.9 Å². The third-order valence-electron chi connectivity index (χ3n) is 11.9. The molecule has 3 fully saturated rings. The van der Waals surface area contributed by atoms with Gasteiger partial charge in [-0.1, -0.05) is 83.2 Å². The summed E-state index contributed by atoms with van der Waals surface area (Å²) in [5.74, 6) is 5.63. The van der Waals surface area contributed by atoms with Crippen molar-refractivity contribution in [2.75, 3.05) is 19.5 Å². The average molecular weight is 522 g/mol. The second-order valence-corrected chi connectivity index (χ2v) is 14.5. The zero-order valence-corrected chi connectivity index (χ0v) is 26.1. The SMILES string of the molecule is CNc1ccc(C)cc1.COC1CC[C@@]2(C)C(=CCC3C4CCC(C(C)CCCC(C)C)[C@@]4(C)CCC32)C1. The fraction of sp³-hybridized carbons (Fsp3) is 0.778. The summed E-state index contributed by atoms with van der Waals surface area (Å²) in [6.45, 7) is 14.8. The number of hydrogen-bond donors (Lipinski definition) is 1. The fourth-order valence-corrected chi connectivity index (χ4v) is 9.57. The maximum absolute atomic E-state index is 5.75. The Morgan fingerprint density at radius 1 is 0.947 bits per heavy atom. The van der Waals surface area contributed by atoms with E-state index in [9.17, 15) is 0 Å². The summed E-state index contributed by atoms with van der Waals surface area (Å²) >= 11 is 0. The molecule has 1 aromatic rings. The van der Waals surface area contributed by atoms with Crippen LogP contribution in [0.2, 0.25) is 0 Å². The van der Waals surface area contributed by atoms with Crippen molar-refractivity contribution in [3.63, 3.8) is 0 Å². The molecule has 8 atom stereocenters. The van der Waals surface area contributed by atoms with Crippen LogP contribution in [-0.2, 0) is 4.74 Å². The Morgan fingerprint density at radius 2 is 1.68 bits per heavy atom. The van der Waals surface area contributed by atoms with Crippen molar-refractivity contribution in [2.45, 2.75) is 118 Å². The van der Waals surface area contributed by atoms with Gasteiger partial charge in [0.2, 0.25) is 0 Å². The lowest BCUT2D eigenvalue weighted by Crippen LogP contribution is -2.50. The van der Waals surface area contributed by atoms with Gasteiger partial charge in [0.1, 0.15) is 0 Å². The van der Waals surface area contributed by atoms with Crippen LogP contribution in [0, 0.1) is 53.3 Å². The normalized spacial score (nSPS) is 36.8. The molecule has 6 unspecified atom stereocenters. The monoisotopic (exact) mass is 521 g/mol. The van der Waals surface area contributed by atoms with Crippen LogP contribution in [0.3, 0.4) is 0 Å². The van der Waals surface area contributed by atoms with Gasteiger partial charge < -0.3 is 10.1 Å². The predicted octanol–water partition coefficient (Wildman–Crippen LogP) is 10.1. The summed E-state index contributed by atoms with van der Waals surface area (Å²) in [7, 11) is 3.83. The largest absolute Gasteiger partial charge is 0.388 e. The van der Waals surface area contributed by atoms with Gasteiger partial charge in [-0.2, -0.15) is 0 Å². The van der Waals surface area contributed by atoms with E-state index < -0.39 is 0 Å². The Hall–Kier alpha value is -1.28. The summed E-state index contributed by atoms with van der Waals surface area (Å²) in [6.07, 6.45) is 18.7. The average Bonchev–Trinajstić information content (AvgIpc) is 3.26. The third kappa shape index (κ3) is 6.06. The van der Waals surface area contributed by atoms with Gasteiger partial charge in [0.05, 0.1) is 6.10 Å². The number of fused-ring (bicyclic) bond motifs is 5. The maximum atomic E-state index is 5.75. The minimum atomic E-state index is 0.472. The molecule has 2 nitrogen and oxygen atoms in total. The Balaban J connectivity index is 0.000000317. The maximum Gasteiger partial charge on any atom is 0.0608 e. The molecule has 0 heterocycles. The molecule has 0 spiro atoms. The van der Waals surface area contributed by atoms with Gasteiger partial charge in [-0.25, -0.2) is 0 Å². The first-order valence-corrected chi connectivity index (χ1v) is 16.1. The Bertz CT molecular complexity index is 918. The van der Waals surface area contributed by atoms with E-state index in [1.165, 1.54) is 81.9 Å². The first-order valence-electron chi connectivity index (χ1n) is 16.1. The first kappa shape index (κ1) is 29.7. The lowest BCUT2D eigenvalue weighted by molar-refractivity contribution is -0.0601. The molecule has 3 saturated carbocycles. The highest BCUT2D eigenvalue weighted by Crippen LogP contribution is 2.67. The van der Waals surface area contributed by atoms with Gasteiger partial charge in [-0.05, 0) is 117 Å². The summed E-state index contributed by atoms with van der Waals surface area (Å²) in [6, 6.07) is 8.31. The Labute approximate surface area is 235 Å². The number of ether oxygens (including phenoxy) is 1. The van der Waals surface area contributed by atoms with Gasteiger partial charge >= 0.3 is 0 Å². The van der Waals surface area contributed by atoms with E-state index in [4.69, 9.17) is 4.74 Å². The lowest BCUT2D eigenvalue weighted by Gasteiger charge is -2.58. The predicted molar refractivity (Wildman–Crippen MR) is 165 cm³/mol. The summed E-state index contributed by atoms with van der Waals surface area (Å²) in [5, 5.41) is 3.05. The van der Waals surface area contributed by atoms with Crippen LogP contribution in [0.1, 0.15) is 111 Å². The lowest BCUT2D eigenvalue weighted by atomic mass is 9.47. The number of methoxy groups -OCH3 is 1. The van der Waals surface area contributed by atoms with Gasteiger partial charge in [0, 0.05) is 19.8 Å². The molecule has 38 heavy (non-hydrogen) atoms. The van der Waals surface area contributed by atoms with Crippen LogP contribution in [0.25, 0.3) is 0 Å². The minimum absolute atomic E-state index is 0.472. The zero-order chi connectivity index (χ0) is 27.5. The summed E-state index contributed by atoms with van der Waals surface area (Å²) in [4.78, 5) is 0. The number of benzene rings is 1. The first-order chi connectivity index (χ1) is 18.1. The second kappa shape index (κ2) is 12.5. The van der Waals surface area contributed by atoms with E-state index >= 15 is 0 Å². The number of nitrogens with one attached hydrogen (secondary N) is 1. The summed E-state index contributed by atoms with van der Waals surface area (Å²) < 4.78 is 5.75. The van der Waals surface area contributed by atoms with Crippen molar-refractivity contribution in [1.82, 2.24) is 0 Å². The number of anilines is 1. The van der Waals surface area contributed by atoms with E-state index in [-0.39, 0.29) is 0 Å². The van der Waals surface area contributed by atoms with Crippen LogP contribution in [0.15, 0.2) is 35.9 Å². The molecule has 4 aliphatic carbocycles. The smallest absolute Gasteiger partial charge is 0.0608 e. The van der Waals surface area contributed by atoms with Crippen LogP contribution < -0.4 is 5.32 Å². The highest BCUT2D eigenvalue weighted by molar-refractivity contribution is 5.43. The zero-order valence-electron chi connectivity index (χ0n) is 26.1. The molecule has 4 aliphatic rings. The highest BCUT2D eigenvalue weighted by Gasteiger charge is 2.59. The molecule has 2 heteroatoms. The van der Waals surface area contributed by atoms with Crippen LogP contribution in [0.5, 0.6) is 0 Å². The van der Waals surface area contributed by atoms with Crippen LogP contribution in [-0.4, -0.2) is 20.3 Å². The van der Waals surface area contributed by atoms with Gasteiger partial charge in [0.25, 0.3) is 0 Å². The molecule has 0 radical (unpaired) electrons.